The number of ether oxygens (including phenoxy) is 2. The molecule has 0 aliphatic carbocycles. The normalized spacial score (nSPS) is 21.3. The topological polar surface area (TPSA) is 93.2 Å². The molecule has 2 saturated heterocycles. The number of nitrogens with zero attached hydrogens (tertiary/aromatic N) is 2. The van der Waals surface area contributed by atoms with Gasteiger partial charge >= 0.3 is 5.97 Å². The molecule has 2 aliphatic rings. The number of hydrogen-bond acceptors (Lipinski definition) is 6. The number of piperidine rings is 1. The van der Waals surface area contributed by atoms with E-state index in [-0.39, 0.29) is 29.0 Å². The van der Waals surface area contributed by atoms with Crippen LogP contribution in [0.15, 0.2) is 29.2 Å². The van der Waals surface area contributed by atoms with Crippen molar-refractivity contribution in [2.75, 3.05) is 39.5 Å². The molecule has 0 aromatic heterocycles. The van der Waals surface area contributed by atoms with Crippen LogP contribution in [0.2, 0.25) is 0 Å². The Balaban J connectivity index is 1.66. The minimum Gasteiger partial charge on any atom is -0.452 e. The summed E-state index contributed by atoms with van der Waals surface area (Å²) in [5.41, 5.74) is 0.112. The molecule has 1 atom stereocenters. The number of hydrogen-bond donors (Lipinski definition) is 0. The second-order valence-corrected chi connectivity index (χ2v) is 8.95. The van der Waals surface area contributed by atoms with E-state index in [1.807, 2.05) is 6.92 Å². The summed E-state index contributed by atoms with van der Waals surface area (Å²) in [6, 6.07) is 5.73. The van der Waals surface area contributed by atoms with Crippen molar-refractivity contribution in [3.8, 4) is 0 Å². The van der Waals surface area contributed by atoms with E-state index in [9.17, 15) is 18.0 Å². The Kier molecular flexibility index (Phi) is 6.69. The van der Waals surface area contributed by atoms with Crippen LogP contribution in [0, 0.1) is 0 Å². The van der Waals surface area contributed by atoms with Gasteiger partial charge in [-0.2, -0.15) is 4.31 Å². The summed E-state index contributed by atoms with van der Waals surface area (Å²) in [5, 5.41) is 0. The van der Waals surface area contributed by atoms with E-state index in [1.165, 1.54) is 28.6 Å². The molecule has 1 amide bonds. The largest absolute Gasteiger partial charge is 0.452 e. The fraction of sp³-hybridized carbons (Fsp3) is 0.579. The molecule has 0 radical (unpaired) electrons. The Hall–Kier alpha value is -1.97. The van der Waals surface area contributed by atoms with Crippen LogP contribution in [0.1, 0.15) is 36.5 Å². The second-order valence-electron chi connectivity index (χ2n) is 7.06. The van der Waals surface area contributed by atoms with Gasteiger partial charge in [-0.15, -0.1) is 0 Å². The van der Waals surface area contributed by atoms with Crippen LogP contribution in [0.3, 0.4) is 0 Å². The van der Waals surface area contributed by atoms with Crippen molar-refractivity contribution in [1.29, 1.82) is 0 Å². The minimum absolute atomic E-state index is 0.0650. The van der Waals surface area contributed by atoms with Crippen LogP contribution >= 0.6 is 0 Å². The van der Waals surface area contributed by atoms with Gasteiger partial charge in [0.05, 0.1) is 23.7 Å². The molecule has 0 bridgehead atoms. The van der Waals surface area contributed by atoms with Crippen LogP contribution in [0.25, 0.3) is 0 Å². The molecule has 2 heterocycles. The first-order chi connectivity index (χ1) is 13.4. The highest BCUT2D eigenvalue weighted by Gasteiger charge is 2.31. The summed E-state index contributed by atoms with van der Waals surface area (Å²) in [7, 11) is -3.68. The number of amides is 1. The highest BCUT2D eigenvalue weighted by atomic mass is 32.2. The van der Waals surface area contributed by atoms with Gasteiger partial charge in [0.25, 0.3) is 5.91 Å². The number of carbonyl (C=O) groups is 2. The molecule has 1 aromatic carbocycles. The monoisotopic (exact) mass is 410 g/mol. The van der Waals surface area contributed by atoms with E-state index in [0.717, 1.165) is 19.3 Å². The average Bonchev–Trinajstić information content (AvgIpc) is 2.72. The maximum atomic E-state index is 12.9. The lowest BCUT2D eigenvalue weighted by atomic mass is 10.1. The van der Waals surface area contributed by atoms with Crippen molar-refractivity contribution in [3.63, 3.8) is 0 Å². The lowest BCUT2D eigenvalue weighted by Gasteiger charge is -2.32. The first-order valence-electron chi connectivity index (χ1n) is 9.54. The Bertz CT molecular complexity index is 819. The van der Waals surface area contributed by atoms with E-state index in [4.69, 9.17) is 9.47 Å². The highest BCUT2D eigenvalue weighted by Crippen LogP contribution is 2.25. The van der Waals surface area contributed by atoms with Crippen LogP contribution in [0.5, 0.6) is 0 Å². The van der Waals surface area contributed by atoms with Crippen molar-refractivity contribution >= 4 is 21.9 Å². The van der Waals surface area contributed by atoms with Crippen molar-refractivity contribution in [2.24, 2.45) is 0 Å². The Morgan fingerprint density at radius 1 is 1.18 bits per heavy atom. The molecule has 3 rings (SSSR count). The molecule has 2 aliphatic heterocycles. The first kappa shape index (κ1) is 20.8. The Labute approximate surface area is 165 Å². The fourth-order valence-corrected chi connectivity index (χ4v) is 5.21. The first-order valence-corrected chi connectivity index (χ1v) is 11.0. The van der Waals surface area contributed by atoms with Gasteiger partial charge in [-0.25, -0.2) is 13.2 Å². The van der Waals surface area contributed by atoms with Crippen molar-refractivity contribution in [2.45, 2.75) is 37.1 Å². The van der Waals surface area contributed by atoms with Crippen LogP contribution < -0.4 is 0 Å². The standard InChI is InChI=1S/C19H26N2O6S/c1-15-5-2-3-8-21(15)28(24,25)17-7-4-6-16(13-17)19(23)27-14-18(22)20-9-11-26-12-10-20/h4,6-7,13,15H,2-3,5,8-12,14H2,1H3/t15-/m0/s1. The summed E-state index contributed by atoms with van der Waals surface area (Å²) in [6.45, 7) is 3.87. The third-order valence-corrected chi connectivity index (χ3v) is 7.12. The Morgan fingerprint density at radius 2 is 1.93 bits per heavy atom. The number of esters is 1. The average molecular weight is 410 g/mol. The van der Waals surface area contributed by atoms with E-state index < -0.39 is 16.0 Å². The van der Waals surface area contributed by atoms with Gasteiger partial charge in [-0.1, -0.05) is 12.5 Å². The highest BCUT2D eigenvalue weighted by molar-refractivity contribution is 7.89. The van der Waals surface area contributed by atoms with E-state index in [1.54, 1.807) is 4.90 Å². The van der Waals surface area contributed by atoms with E-state index in [2.05, 4.69) is 0 Å². The number of benzene rings is 1. The molecule has 28 heavy (non-hydrogen) atoms. The van der Waals surface area contributed by atoms with Gasteiger partial charge < -0.3 is 14.4 Å². The molecule has 8 nitrogen and oxygen atoms in total. The van der Waals surface area contributed by atoms with Gasteiger partial charge in [0.1, 0.15) is 0 Å². The van der Waals surface area contributed by atoms with Crippen LogP contribution in [-0.2, 0) is 24.3 Å². The predicted molar refractivity (Wildman–Crippen MR) is 101 cm³/mol. The number of morpholine rings is 1. The molecule has 9 heteroatoms. The Morgan fingerprint density at radius 3 is 2.64 bits per heavy atom. The van der Waals surface area contributed by atoms with Crippen molar-refractivity contribution < 1.29 is 27.5 Å². The number of sulfonamides is 1. The summed E-state index contributed by atoms with van der Waals surface area (Å²) >= 11 is 0. The molecule has 154 valence electrons. The third-order valence-electron chi connectivity index (χ3n) is 5.11. The smallest absolute Gasteiger partial charge is 0.338 e. The maximum absolute atomic E-state index is 12.9. The summed E-state index contributed by atoms with van der Waals surface area (Å²) in [4.78, 5) is 26.1. The second kappa shape index (κ2) is 9.02. The predicted octanol–water partition coefficient (Wildman–Crippen LogP) is 1.27. The zero-order chi connectivity index (χ0) is 20.1. The lowest BCUT2D eigenvalue weighted by molar-refractivity contribution is -0.138. The molecule has 0 N–H and O–H groups in total. The van der Waals surface area contributed by atoms with Crippen molar-refractivity contribution in [3.05, 3.63) is 29.8 Å². The quantitative estimate of drug-likeness (QED) is 0.679. The van der Waals surface area contributed by atoms with E-state index >= 15 is 0 Å². The fourth-order valence-electron chi connectivity index (χ4n) is 3.46. The van der Waals surface area contributed by atoms with Gasteiger partial charge in [-0.05, 0) is 38.0 Å². The van der Waals surface area contributed by atoms with Gasteiger partial charge in [0.2, 0.25) is 10.0 Å². The zero-order valence-corrected chi connectivity index (χ0v) is 16.8. The molecule has 0 unspecified atom stereocenters. The molecule has 1 aromatic rings. The maximum Gasteiger partial charge on any atom is 0.338 e. The molecular weight excluding hydrogens is 384 g/mol. The molecule has 2 fully saturated rings. The molecule has 0 saturated carbocycles. The minimum atomic E-state index is -3.68. The third kappa shape index (κ3) is 4.71. The van der Waals surface area contributed by atoms with Gasteiger partial charge in [0.15, 0.2) is 6.61 Å². The van der Waals surface area contributed by atoms with Gasteiger partial charge in [-0.3, -0.25) is 4.79 Å². The summed E-state index contributed by atoms with van der Waals surface area (Å²) < 4.78 is 37.7. The zero-order valence-electron chi connectivity index (χ0n) is 16.0. The molecular formula is C19H26N2O6S. The number of carbonyl (C=O) groups excluding carboxylic acids is 2. The summed E-state index contributed by atoms with van der Waals surface area (Å²) in [5.74, 6) is -1.01. The summed E-state index contributed by atoms with van der Waals surface area (Å²) in [6.07, 6.45) is 2.66. The lowest BCUT2D eigenvalue weighted by Crippen LogP contribution is -2.42. The molecule has 0 spiro atoms. The van der Waals surface area contributed by atoms with Crippen LogP contribution in [0.4, 0.5) is 0 Å². The number of rotatable bonds is 5. The SMILES string of the molecule is C[C@H]1CCCCN1S(=O)(=O)c1cccc(C(=O)OCC(=O)N2CCOCC2)c1. The van der Waals surface area contributed by atoms with E-state index in [0.29, 0.717) is 32.8 Å². The van der Waals surface area contributed by atoms with Crippen LogP contribution in [-0.4, -0.2) is 75.0 Å². The van der Waals surface area contributed by atoms with Crippen molar-refractivity contribution in [1.82, 2.24) is 9.21 Å². The van der Waals surface area contributed by atoms with Gasteiger partial charge in [0, 0.05) is 25.7 Å².